The second-order valence-electron chi connectivity index (χ2n) is 1.45. The summed E-state index contributed by atoms with van der Waals surface area (Å²) in [5, 5.41) is 0. The number of rotatable bonds is 2. The highest BCUT2D eigenvalue weighted by molar-refractivity contribution is 5.98. The van der Waals surface area contributed by atoms with Crippen LogP contribution in [0.1, 0.15) is 20.3 Å². The molecule has 1 atom stereocenters. The predicted octanol–water partition coefficient (Wildman–Crippen LogP) is 0.0819. The van der Waals surface area contributed by atoms with Gasteiger partial charge in [0.2, 0.25) is 0 Å². The molecular formula is C4H12OSi. The summed E-state index contributed by atoms with van der Waals surface area (Å²) in [5.74, 6) is 0. The Morgan fingerprint density at radius 1 is 1.83 bits per heavy atom. The van der Waals surface area contributed by atoms with Gasteiger partial charge in [-0.25, -0.2) is 0 Å². The molecule has 0 aliphatic heterocycles. The molecule has 0 amide bonds. The maximum atomic E-state index is 5.04. The first-order chi connectivity index (χ1) is 2.81. The first-order valence-electron chi connectivity index (χ1n) is 2.34. The molecule has 0 heterocycles. The van der Waals surface area contributed by atoms with Gasteiger partial charge in [0.25, 0.3) is 0 Å². The van der Waals surface area contributed by atoms with Gasteiger partial charge in [-0.1, -0.05) is 6.92 Å². The average molecular weight is 104 g/mol. The van der Waals surface area contributed by atoms with Crippen molar-refractivity contribution in [2.45, 2.75) is 26.4 Å². The molecule has 0 spiro atoms. The second kappa shape index (κ2) is 3.37. The SMILES string of the molecule is CCC(C)O[SiH3]. The molecule has 38 valence electrons. The summed E-state index contributed by atoms with van der Waals surface area (Å²) >= 11 is 0. The van der Waals surface area contributed by atoms with E-state index in [-0.39, 0.29) is 0 Å². The Bertz CT molecular complexity index is 26.7. The van der Waals surface area contributed by atoms with Crippen LogP contribution in [0.3, 0.4) is 0 Å². The van der Waals surface area contributed by atoms with Gasteiger partial charge in [-0.15, -0.1) is 0 Å². The molecule has 1 nitrogen and oxygen atoms in total. The molecular weight excluding hydrogens is 92.1 g/mol. The maximum Gasteiger partial charge on any atom is 0.146 e. The third-order valence-electron chi connectivity index (χ3n) is 0.977. The minimum absolute atomic E-state index is 0.497. The first-order valence-corrected chi connectivity index (χ1v) is 3.15. The molecule has 0 aliphatic rings. The molecule has 0 saturated heterocycles. The average Bonchev–Trinajstić information content (AvgIpc) is 1.65. The summed E-state index contributed by atoms with van der Waals surface area (Å²) in [4.78, 5) is 0. The van der Waals surface area contributed by atoms with Crippen molar-refractivity contribution in [3.05, 3.63) is 0 Å². The number of hydrogen-bond acceptors (Lipinski definition) is 1. The lowest BCUT2D eigenvalue weighted by molar-refractivity contribution is 0.239. The summed E-state index contributed by atoms with van der Waals surface area (Å²) in [7, 11) is 0.882. The molecule has 0 saturated carbocycles. The zero-order valence-corrected chi connectivity index (χ0v) is 6.69. The van der Waals surface area contributed by atoms with Gasteiger partial charge in [-0.3, -0.25) is 0 Å². The fourth-order valence-corrected chi connectivity index (χ4v) is 0.500. The van der Waals surface area contributed by atoms with E-state index >= 15 is 0 Å². The standard InChI is InChI=1S/C4H12OSi/c1-3-4(2)5-6/h4H,3H2,1-2,6H3. The van der Waals surface area contributed by atoms with Crippen molar-refractivity contribution in [3.8, 4) is 0 Å². The van der Waals surface area contributed by atoms with Crippen molar-refractivity contribution in [2.24, 2.45) is 0 Å². The second-order valence-corrected chi connectivity index (χ2v) is 1.93. The lowest BCUT2D eigenvalue weighted by Crippen LogP contribution is -2.01. The summed E-state index contributed by atoms with van der Waals surface area (Å²) in [6.07, 6.45) is 1.64. The van der Waals surface area contributed by atoms with Gasteiger partial charge in [0.05, 0.1) is 0 Å². The van der Waals surface area contributed by atoms with Gasteiger partial charge < -0.3 is 4.43 Å². The van der Waals surface area contributed by atoms with Crippen molar-refractivity contribution < 1.29 is 4.43 Å². The topological polar surface area (TPSA) is 9.23 Å². The van der Waals surface area contributed by atoms with Crippen LogP contribution in [-0.4, -0.2) is 16.6 Å². The molecule has 0 N–H and O–H groups in total. The third kappa shape index (κ3) is 2.42. The smallest absolute Gasteiger partial charge is 0.146 e. The Labute approximate surface area is 42.2 Å². The maximum absolute atomic E-state index is 5.04. The Morgan fingerprint density at radius 3 is 2.33 bits per heavy atom. The summed E-state index contributed by atoms with van der Waals surface area (Å²) in [5.41, 5.74) is 0. The molecule has 0 bridgehead atoms. The van der Waals surface area contributed by atoms with Crippen LogP contribution in [0.25, 0.3) is 0 Å². The predicted molar refractivity (Wildman–Crippen MR) is 30.8 cm³/mol. The van der Waals surface area contributed by atoms with Gasteiger partial charge in [-0.2, -0.15) is 0 Å². The van der Waals surface area contributed by atoms with E-state index < -0.39 is 0 Å². The van der Waals surface area contributed by atoms with Crippen molar-refractivity contribution in [3.63, 3.8) is 0 Å². The monoisotopic (exact) mass is 104 g/mol. The van der Waals surface area contributed by atoms with Crippen LogP contribution in [0.15, 0.2) is 0 Å². The van der Waals surface area contributed by atoms with E-state index in [1.807, 2.05) is 0 Å². The summed E-state index contributed by atoms with van der Waals surface area (Å²) < 4.78 is 5.04. The van der Waals surface area contributed by atoms with Crippen LogP contribution >= 0.6 is 0 Å². The van der Waals surface area contributed by atoms with E-state index in [1.165, 1.54) is 0 Å². The highest BCUT2D eigenvalue weighted by Gasteiger charge is 1.87. The van der Waals surface area contributed by atoms with E-state index in [1.54, 1.807) is 0 Å². The molecule has 0 rings (SSSR count). The van der Waals surface area contributed by atoms with Gasteiger partial charge >= 0.3 is 0 Å². The van der Waals surface area contributed by atoms with Crippen molar-refractivity contribution >= 4 is 10.5 Å². The largest absolute Gasteiger partial charge is 0.425 e. The first kappa shape index (κ1) is 6.18. The molecule has 0 aromatic carbocycles. The lowest BCUT2D eigenvalue weighted by Gasteiger charge is -2.02. The highest BCUT2D eigenvalue weighted by atomic mass is 28.2. The Hall–Kier alpha value is 0.177. The lowest BCUT2D eigenvalue weighted by atomic mass is 10.3. The van der Waals surface area contributed by atoms with Gasteiger partial charge in [0, 0.05) is 6.10 Å². The van der Waals surface area contributed by atoms with Crippen molar-refractivity contribution in [2.75, 3.05) is 0 Å². The molecule has 1 unspecified atom stereocenters. The van der Waals surface area contributed by atoms with Crippen LogP contribution in [0.5, 0.6) is 0 Å². The zero-order chi connectivity index (χ0) is 4.99. The van der Waals surface area contributed by atoms with E-state index in [0.717, 1.165) is 16.9 Å². The van der Waals surface area contributed by atoms with E-state index in [4.69, 9.17) is 4.43 Å². The molecule has 6 heavy (non-hydrogen) atoms. The van der Waals surface area contributed by atoms with E-state index in [9.17, 15) is 0 Å². The van der Waals surface area contributed by atoms with Gasteiger partial charge in [0.15, 0.2) is 0 Å². The van der Waals surface area contributed by atoms with Crippen LogP contribution < -0.4 is 0 Å². The van der Waals surface area contributed by atoms with Crippen LogP contribution in [-0.2, 0) is 4.43 Å². The van der Waals surface area contributed by atoms with Crippen LogP contribution in [0.2, 0.25) is 0 Å². The van der Waals surface area contributed by atoms with E-state index in [2.05, 4.69) is 13.8 Å². The van der Waals surface area contributed by atoms with Crippen LogP contribution in [0, 0.1) is 0 Å². The van der Waals surface area contributed by atoms with Gasteiger partial charge in [-0.05, 0) is 13.3 Å². The number of hydrogen-bond donors (Lipinski definition) is 0. The molecule has 0 radical (unpaired) electrons. The zero-order valence-electron chi connectivity index (χ0n) is 4.69. The van der Waals surface area contributed by atoms with Crippen LogP contribution in [0.4, 0.5) is 0 Å². The molecule has 0 aromatic rings. The fourth-order valence-electron chi connectivity index (χ4n) is 0.167. The molecule has 2 heteroatoms. The van der Waals surface area contributed by atoms with E-state index in [0.29, 0.717) is 6.10 Å². The molecule has 0 fully saturated rings. The third-order valence-corrected chi connectivity index (χ3v) is 1.78. The quantitative estimate of drug-likeness (QED) is 0.451. The fraction of sp³-hybridized carbons (Fsp3) is 1.00. The molecule has 0 aromatic heterocycles. The minimum Gasteiger partial charge on any atom is -0.425 e. The summed E-state index contributed by atoms with van der Waals surface area (Å²) in [6.45, 7) is 4.22. The highest BCUT2D eigenvalue weighted by Crippen LogP contribution is 1.89. The molecule has 0 aliphatic carbocycles. The van der Waals surface area contributed by atoms with Crippen molar-refractivity contribution in [1.82, 2.24) is 0 Å². The van der Waals surface area contributed by atoms with Crippen molar-refractivity contribution in [1.29, 1.82) is 0 Å². The minimum atomic E-state index is 0.497. The normalized spacial score (nSPS) is 15.0. The Balaban J connectivity index is 2.75. The van der Waals surface area contributed by atoms with Gasteiger partial charge in [0.1, 0.15) is 10.5 Å². The Kier molecular flexibility index (Phi) is 3.47. The Morgan fingerprint density at radius 2 is 2.33 bits per heavy atom. The summed E-state index contributed by atoms with van der Waals surface area (Å²) in [6, 6.07) is 0.